The first kappa shape index (κ1) is 28.8. The molecule has 0 radical (unpaired) electrons. The third-order valence-electron chi connectivity index (χ3n) is 7.16. The molecular formula is C30H23ClN4O6S2. The van der Waals surface area contributed by atoms with Gasteiger partial charge in [-0.3, -0.25) is 28.7 Å². The minimum Gasteiger partial charge on any atom is -0.462 e. The lowest BCUT2D eigenvalue weighted by atomic mass is 9.84. The molecule has 2 aliphatic rings. The van der Waals surface area contributed by atoms with Gasteiger partial charge in [-0.05, 0) is 67.1 Å². The number of ether oxygens (including phenoxy) is 1. The summed E-state index contributed by atoms with van der Waals surface area (Å²) in [7, 11) is 0. The number of carbonyl (C=O) groups is 4. The number of thioether (sulfide) groups is 1. The molecule has 0 unspecified atom stereocenters. The first-order valence-corrected chi connectivity index (χ1v) is 15.3. The van der Waals surface area contributed by atoms with E-state index >= 15 is 0 Å². The zero-order chi connectivity index (χ0) is 30.2. The smallest absolute Gasteiger partial charge is 0.338 e. The van der Waals surface area contributed by atoms with Crippen LogP contribution in [-0.4, -0.2) is 45.1 Å². The highest BCUT2D eigenvalue weighted by Gasteiger charge is 2.56. The zero-order valence-corrected chi connectivity index (χ0v) is 24.9. The summed E-state index contributed by atoms with van der Waals surface area (Å²) < 4.78 is 6.33. The molecule has 0 saturated carbocycles. The van der Waals surface area contributed by atoms with E-state index in [1.807, 2.05) is 6.07 Å². The molecule has 218 valence electrons. The van der Waals surface area contributed by atoms with Crippen molar-refractivity contribution < 1.29 is 23.9 Å². The van der Waals surface area contributed by atoms with Crippen LogP contribution >= 0.6 is 34.7 Å². The summed E-state index contributed by atoms with van der Waals surface area (Å²) in [5, 5.41) is 2.87. The molecule has 13 heteroatoms. The highest BCUT2D eigenvalue weighted by molar-refractivity contribution is 8.00. The van der Waals surface area contributed by atoms with E-state index in [1.54, 1.807) is 61.8 Å². The number of nitrogens with one attached hydrogen (secondary N) is 1. The summed E-state index contributed by atoms with van der Waals surface area (Å²) in [6, 6.07) is 16.2. The Morgan fingerprint density at radius 2 is 1.77 bits per heavy atom. The molecule has 0 aliphatic carbocycles. The quantitative estimate of drug-likeness (QED) is 0.231. The Morgan fingerprint density at radius 1 is 1.02 bits per heavy atom. The van der Waals surface area contributed by atoms with Crippen molar-refractivity contribution in [3.63, 3.8) is 0 Å². The lowest BCUT2D eigenvalue weighted by Gasteiger charge is -2.30. The van der Waals surface area contributed by atoms with Crippen molar-refractivity contribution in [2.75, 3.05) is 16.8 Å². The number of pyridine rings is 1. The molecular weight excluding hydrogens is 612 g/mol. The van der Waals surface area contributed by atoms with E-state index in [1.165, 1.54) is 21.6 Å². The Balaban J connectivity index is 1.32. The summed E-state index contributed by atoms with van der Waals surface area (Å²) in [6.07, 6.45) is 3.24. The first-order chi connectivity index (χ1) is 20.8. The fourth-order valence-corrected chi connectivity index (χ4v) is 8.17. The van der Waals surface area contributed by atoms with Crippen LogP contribution in [0.3, 0.4) is 0 Å². The van der Waals surface area contributed by atoms with Crippen LogP contribution in [0.1, 0.15) is 33.6 Å². The predicted molar refractivity (Wildman–Crippen MR) is 163 cm³/mol. The third-order valence-corrected chi connectivity index (χ3v) is 10.0. The number of thiazole rings is 1. The van der Waals surface area contributed by atoms with Crippen LogP contribution < -0.4 is 15.1 Å². The number of carbonyl (C=O) groups excluding carboxylic acids is 4. The Hall–Kier alpha value is -4.26. The number of nitrogens with zero attached hydrogens (tertiary/aromatic N) is 3. The number of amides is 3. The SMILES string of the molecule is CCOC(=O)c1ccc(NC(=O)Cn2c3c(sc2=O)[C@@H](c2cccnc2)[C@@H]2C(=O)N(c4ccc(Cl)cc4)C(=O)[C@@H]2S3)cc1. The maximum atomic E-state index is 13.9. The normalized spacial score (nSPS) is 19.1. The summed E-state index contributed by atoms with van der Waals surface area (Å²) in [4.78, 5) is 71.5. The summed E-state index contributed by atoms with van der Waals surface area (Å²) in [5.74, 6) is -3.10. The van der Waals surface area contributed by atoms with Gasteiger partial charge in [0, 0.05) is 33.9 Å². The fraction of sp³-hybridized carbons (Fsp3) is 0.200. The lowest BCUT2D eigenvalue weighted by molar-refractivity contribution is -0.122. The van der Waals surface area contributed by atoms with Crippen molar-refractivity contribution in [1.82, 2.24) is 9.55 Å². The molecule has 0 spiro atoms. The molecule has 2 aromatic heterocycles. The van der Waals surface area contributed by atoms with Crippen molar-refractivity contribution in [3.8, 4) is 0 Å². The van der Waals surface area contributed by atoms with Gasteiger partial charge < -0.3 is 10.1 Å². The van der Waals surface area contributed by atoms with Crippen LogP contribution in [0.2, 0.25) is 5.02 Å². The topological polar surface area (TPSA) is 128 Å². The van der Waals surface area contributed by atoms with Gasteiger partial charge in [-0.1, -0.05) is 40.8 Å². The molecule has 3 atom stereocenters. The Kier molecular flexibility index (Phi) is 7.91. The summed E-state index contributed by atoms with van der Waals surface area (Å²) in [6.45, 7) is 1.65. The molecule has 43 heavy (non-hydrogen) atoms. The van der Waals surface area contributed by atoms with E-state index in [0.29, 0.717) is 37.4 Å². The molecule has 4 heterocycles. The van der Waals surface area contributed by atoms with Crippen LogP contribution in [0, 0.1) is 5.92 Å². The van der Waals surface area contributed by atoms with Crippen molar-refractivity contribution in [2.24, 2.45) is 5.92 Å². The van der Waals surface area contributed by atoms with Gasteiger partial charge >= 0.3 is 10.8 Å². The molecule has 2 aliphatic heterocycles. The average Bonchev–Trinajstić information content (AvgIpc) is 3.44. The fourth-order valence-electron chi connectivity index (χ4n) is 5.27. The van der Waals surface area contributed by atoms with Gasteiger partial charge in [0.15, 0.2) is 0 Å². The number of benzene rings is 2. The van der Waals surface area contributed by atoms with E-state index in [-0.39, 0.29) is 23.9 Å². The van der Waals surface area contributed by atoms with E-state index in [9.17, 15) is 24.0 Å². The molecule has 3 amide bonds. The minimum atomic E-state index is -0.820. The number of anilines is 2. The highest BCUT2D eigenvalue weighted by atomic mass is 35.5. The summed E-state index contributed by atoms with van der Waals surface area (Å²) >= 11 is 8.12. The number of aromatic nitrogens is 2. The Morgan fingerprint density at radius 3 is 2.44 bits per heavy atom. The van der Waals surface area contributed by atoms with Gasteiger partial charge in [-0.2, -0.15) is 0 Å². The number of rotatable bonds is 7. The summed E-state index contributed by atoms with van der Waals surface area (Å²) in [5.41, 5.74) is 1.89. The van der Waals surface area contributed by atoms with E-state index in [0.717, 1.165) is 23.1 Å². The number of esters is 1. The molecule has 0 bridgehead atoms. The maximum absolute atomic E-state index is 13.9. The highest BCUT2D eigenvalue weighted by Crippen LogP contribution is 2.53. The number of fused-ring (bicyclic) bond motifs is 2. The van der Waals surface area contributed by atoms with Crippen molar-refractivity contribution in [1.29, 1.82) is 0 Å². The van der Waals surface area contributed by atoms with Crippen LogP contribution in [0.5, 0.6) is 0 Å². The molecule has 4 aromatic rings. The first-order valence-electron chi connectivity index (χ1n) is 13.3. The van der Waals surface area contributed by atoms with Crippen LogP contribution in [0.4, 0.5) is 11.4 Å². The number of hydrogen-bond donors (Lipinski definition) is 1. The van der Waals surface area contributed by atoms with Gasteiger partial charge in [0.2, 0.25) is 17.7 Å². The van der Waals surface area contributed by atoms with Crippen molar-refractivity contribution >= 4 is 69.8 Å². The molecule has 2 aromatic carbocycles. The van der Waals surface area contributed by atoms with Crippen LogP contribution in [-0.2, 0) is 25.7 Å². The lowest BCUT2D eigenvalue weighted by Crippen LogP contribution is -2.33. The van der Waals surface area contributed by atoms with Crippen molar-refractivity contribution in [3.05, 3.63) is 104 Å². The van der Waals surface area contributed by atoms with Gasteiger partial charge in [0.25, 0.3) is 0 Å². The standard InChI is InChI=1S/C30H23ClN4O6S2/c1-2-41-29(39)16-5-9-19(10-6-16)33-21(36)15-34-28-25(43-30(34)40)22(17-4-3-13-32-14-17)23-24(42-28)27(38)35(26(23)37)20-11-7-18(31)8-12-20/h3-14,22-24H,2,15H2,1H3,(H,33,36)/t22-,23-,24+/m0/s1. The average molecular weight is 635 g/mol. The van der Waals surface area contributed by atoms with Crippen molar-refractivity contribution in [2.45, 2.75) is 29.7 Å². The second-order valence-corrected chi connectivity index (χ2v) is 12.3. The largest absolute Gasteiger partial charge is 0.462 e. The number of halogens is 1. The third kappa shape index (κ3) is 5.37. The number of hydrogen-bond acceptors (Lipinski definition) is 9. The molecule has 10 nitrogen and oxygen atoms in total. The monoisotopic (exact) mass is 634 g/mol. The van der Waals surface area contributed by atoms with E-state index < -0.39 is 34.9 Å². The van der Waals surface area contributed by atoms with Gasteiger partial charge in [0.1, 0.15) is 11.8 Å². The molecule has 1 saturated heterocycles. The van der Waals surface area contributed by atoms with Crippen LogP contribution in [0.15, 0.2) is 82.9 Å². The molecule has 1 N–H and O–H groups in total. The molecule has 6 rings (SSSR count). The zero-order valence-electron chi connectivity index (χ0n) is 22.6. The maximum Gasteiger partial charge on any atom is 0.338 e. The van der Waals surface area contributed by atoms with E-state index in [2.05, 4.69) is 10.3 Å². The molecule has 1 fully saturated rings. The van der Waals surface area contributed by atoms with E-state index in [4.69, 9.17) is 16.3 Å². The van der Waals surface area contributed by atoms with Gasteiger partial charge in [0.05, 0.1) is 28.8 Å². The minimum absolute atomic E-state index is 0.247. The Labute approximate surface area is 258 Å². The Bertz CT molecular complexity index is 1790. The number of imide groups is 1. The second kappa shape index (κ2) is 11.8. The van der Waals surface area contributed by atoms with Gasteiger partial charge in [-0.25, -0.2) is 9.69 Å². The van der Waals surface area contributed by atoms with Gasteiger partial charge in [-0.15, -0.1) is 0 Å². The predicted octanol–water partition coefficient (Wildman–Crippen LogP) is 4.57. The van der Waals surface area contributed by atoms with Crippen LogP contribution in [0.25, 0.3) is 0 Å². The second-order valence-electron chi connectivity index (χ2n) is 9.79.